The van der Waals surface area contributed by atoms with Crippen molar-refractivity contribution in [1.82, 2.24) is 29.5 Å². The molecule has 1 amide bonds. The van der Waals surface area contributed by atoms with E-state index in [1.807, 2.05) is 47.0 Å². The molecule has 1 N–H and O–H groups in total. The van der Waals surface area contributed by atoms with E-state index in [1.54, 1.807) is 6.20 Å². The Hall–Kier alpha value is -3.49. The molecule has 182 valence electrons. The molecule has 2 aromatic carbocycles. The molecule has 1 aliphatic heterocycles. The van der Waals surface area contributed by atoms with E-state index in [2.05, 4.69) is 39.4 Å². The zero-order valence-electron chi connectivity index (χ0n) is 20.2. The maximum Gasteiger partial charge on any atom is 0.291 e. The van der Waals surface area contributed by atoms with Crippen LogP contribution in [0.5, 0.6) is 0 Å². The Labute approximate surface area is 204 Å². The van der Waals surface area contributed by atoms with Crippen LogP contribution in [0.15, 0.2) is 65.6 Å². The number of nitrogens with one attached hydrogen (secondary N) is 1. The molecule has 0 radical (unpaired) electrons. The van der Waals surface area contributed by atoms with Crippen LogP contribution in [-0.4, -0.2) is 76.4 Å². The summed E-state index contributed by atoms with van der Waals surface area (Å²) in [4.78, 5) is 30.9. The number of carbonyl (C=O) groups excluding carboxylic acids is 1. The quantitative estimate of drug-likeness (QED) is 0.398. The van der Waals surface area contributed by atoms with E-state index in [-0.39, 0.29) is 18.0 Å². The van der Waals surface area contributed by atoms with Crippen LogP contribution in [0.3, 0.4) is 0 Å². The number of likely N-dealkylation sites (N-methyl/N-ethyl adjacent to an activating group) is 1. The average Bonchev–Trinajstić information content (AvgIpc) is 3.19. The highest BCUT2D eigenvalue weighted by atomic mass is 16.2. The number of aromatic nitrogens is 3. The Morgan fingerprint density at radius 1 is 0.971 bits per heavy atom. The van der Waals surface area contributed by atoms with Gasteiger partial charge in [-0.2, -0.15) is 5.10 Å². The predicted octanol–water partition coefficient (Wildman–Crippen LogP) is 2.15. The Bertz CT molecular complexity index is 1370. The van der Waals surface area contributed by atoms with E-state index in [0.717, 1.165) is 61.0 Å². The van der Waals surface area contributed by atoms with Crippen molar-refractivity contribution in [2.45, 2.75) is 19.5 Å². The summed E-state index contributed by atoms with van der Waals surface area (Å²) in [5.41, 5.74) is 2.42. The number of para-hydroxylation sites is 1. The number of fused-ring (bicyclic) bond motifs is 3. The molecule has 5 rings (SSSR count). The third-order valence-corrected chi connectivity index (χ3v) is 6.82. The summed E-state index contributed by atoms with van der Waals surface area (Å²) in [5.74, 6) is -0.192. The van der Waals surface area contributed by atoms with Crippen molar-refractivity contribution in [1.29, 1.82) is 0 Å². The molecule has 0 spiro atoms. The Balaban J connectivity index is 1.31. The molecule has 2 aromatic heterocycles. The first-order valence-electron chi connectivity index (χ1n) is 12.3. The second kappa shape index (κ2) is 10.4. The van der Waals surface area contributed by atoms with Gasteiger partial charge < -0.3 is 19.7 Å². The first kappa shape index (κ1) is 23.3. The fourth-order valence-electron chi connectivity index (χ4n) is 4.83. The van der Waals surface area contributed by atoms with Crippen LogP contribution in [-0.2, 0) is 17.9 Å². The van der Waals surface area contributed by atoms with Crippen LogP contribution in [0.2, 0.25) is 0 Å². The number of hydrogen-bond donors (Lipinski definition) is 1. The van der Waals surface area contributed by atoms with E-state index in [9.17, 15) is 9.59 Å². The van der Waals surface area contributed by atoms with Crippen LogP contribution in [0.4, 0.5) is 0 Å². The standard InChI is InChI=1S/C27H32N6O2/c1-30-14-16-31(17-15-30)13-7-12-28-25(34)20-33-27(35)26-23(18-29-33)22-10-5-6-11-24(22)32(26)19-21-8-3-2-4-9-21/h2-6,8-11,18H,7,12-17,19-20H2,1H3,(H,28,34). The van der Waals surface area contributed by atoms with Crippen LogP contribution >= 0.6 is 0 Å². The van der Waals surface area contributed by atoms with Crippen molar-refractivity contribution in [2.75, 3.05) is 46.3 Å². The topological polar surface area (TPSA) is 75.4 Å². The van der Waals surface area contributed by atoms with Crippen LogP contribution in [0, 0.1) is 0 Å². The van der Waals surface area contributed by atoms with Gasteiger partial charge in [0.15, 0.2) is 0 Å². The van der Waals surface area contributed by atoms with E-state index in [4.69, 9.17) is 0 Å². The molecule has 0 bridgehead atoms. The average molecular weight is 473 g/mol. The van der Waals surface area contributed by atoms with Gasteiger partial charge in [-0.25, -0.2) is 4.68 Å². The second-order valence-corrected chi connectivity index (χ2v) is 9.31. The lowest BCUT2D eigenvalue weighted by Gasteiger charge is -2.32. The summed E-state index contributed by atoms with van der Waals surface area (Å²) in [7, 11) is 2.14. The summed E-state index contributed by atoms with van der Waals surface area (Å²) < 4.78 is 3.31. The zero-order valence-corrected chi connectivity index (χ0v) is 20.2. The molecule has 1 aliphatic rings. The van der Waals surface area contributed by atoms with Gasteiger partial charge >= 0.3 is 0 Å². The molecule has 1 fully saturated rings. The highest BCUT2D eigenvalue weighted by molar-refractivity contribution is 6.07. The third-order valence-electron chi connectivity index (χ3n) is 6.82. The molecule has 0 atom stereocenters. The van der Waals surface area contributed by atoms with Gasteiger partial charge in [0.05, 0.1) is 6.20 Å². The number of hydrogen-bond acceptors (Lipinski definition) is 5. The Morgan fingerprint density at radius 2 is 1.71 bits per heavy atom. The number of nitrogens with zero attached hydrogens (tertiary/aromatic N) is 5. The second-order valence-electron chi connectivity index (χ2n) is 9.31. The normalized spacial score (nSPS) is 15.1. The predicted molar refractivity (Wildman–Crippen MR) is 139 cm³/mol. The summed E-state index contributed by atoms with van der Waals surface area (Å²) in [6.07, 6.45) is 2.60. The molecule has 3 heterocycles. The zero-order chi connectivity index (χ0) is 24.2. The molecule has 0 unspecified atom stereocenters. The monoisotopic (exact) mass is 472 g/mol. The molecule has 8 nitrogen and oxygen atoms in total. The molecule has 0 saturated carbocycles. The van der Waals surface area contributed by atoms with E-state index in [1.165, 1.54) is 4.68 Å². The minimum atomic E-state index is -0.248. The molecule has 1 saturated heterocycles. The fourth-order valence-corrected chi connectivity index (χ4v) is 4.83. The van der Waals surface area contributed by atoms with Crippen molar-refractivity contribution in [3.63, 3.8) is 0 Å². The molecule has 4 aromatic rings. The lowest BCUT2D eigenvalue weighted by molar-refractivity contribution is -0.121. The number of piperazine rings is 1. The molecule has 8 heteroatoms. The lowest BCUT2D eigenvalue weighted by atomic mass is 10.2. The fraction of sp³-hybridized carbons (Fsp3) is 0.370. The SMILES string of the molecule is CN1CCN(CCCNC(=O)Cn2ncc3c4ccccc4n(Cc4ccccc4)c3c2=O)CC1. The number of benzene rings is 2. The number of carbonyl (C=O) groups is 1. The van der Waals surface area contributed by atoms with Gasteiger partial charge in [-0.1, -0.05) is 48.5 Å². The van der Waals surface area contributed by atoms with Crippen LogP contribution in [0.25, 0.3) is 21.8 Å². The van der Waals surface area contributed by atoms with Gasteiger partial charge in [-0.15, -0.1) is 0 Å². The van der Waals surface area contributed by atoms with Gasteiger partial charge in [-0.05, 0) is 31.6 Å². The van der Waals surface area contributed by atoms with Gasteiger partial charge in [0.2, 0.25) is 5.91 Å². The van der Waals surface area contributed by atoms with Gasteiger partial charge in [0.1, 0.15) is 12.1 Å². The Morgan fingerprint density at radius 3 is 2.51 bits per heavy atom. The molecular formula is C27H32N6O2. The smallest absolute Gasteiger partial charge is 0.291 e. The minimum absolute atomic E-state index is 0.0872. The first-order valence-corrected chi connectivity index (χ1v) is 12.3. The van der Waals surface area contributed by atoms with Crippen molar-refractivity contribution in [3.8, 4) is 0 Å². The first-order chi connectivity index (χ1) is 17.1. The lowest BCUT2D eigenvalue weighted by Crippen LogP contribution is -2.45. The highest BCUT2D eigenvalue weighted by Gasteiger charge is 2.17. The van der Waals surface area contributed by atoms with Crippen molar-refractivity contribution in [2.24, 2.45) is 0 Å². The maximum absolute atomic E-state index is 13.5. The Kier molecular flexibility index (Phi) is 6.92. The number of amides is 1. The van der Waals surface area contributed by atoms with Gasteiger partial charge in [0, 0.05) is 55.6 Å². The minimum Gasteiger partial charge on any atom is -0.354 e. The maximum atomic E-state index is 13.5. The highest BCUT2D eigenvalue weighted by Crippen LogP contribution is 2.27. The van der Waals surface area contributed by atoms with Gasteiger partial charge in [-0.3, -0.25) is 9.59 Å². The van der Waals surface area contributed by atoms with Crippen molar-refractivity contribution >= 4 is 27.7 Å². The van der Waals surface area contributed by atoms with E-state index < -0.39 is 0 Å². The molecule has 35 heavy (non-hydrogen) atoms. The van der Waals surface area contributed by atoms with E-state index in [0.29, 0.717) is 18.6 Å². The van der Waals surface area contributed by atoms with Gasteiger partial charge in [0.25, 0.3) is 5.56 Å². The molecule has 0 aliphatic carbocycles. The van der Waals surface area contributed by atoms with Crippen molar-refractivity contribution in [3.05, 3.63) is 76.7 Å². The van der Waals surface area contributed by atoms with Crippen molar-refractivity contribution < 1.29 is 4.79 Å². The number of rotatable bonds is 8. The van der Waals surface area contributed by atoms with E-state index >= 15 is 0 Å². The molecular weight excluding hydrogens is 440 g/mol. The summed E-state index contributed by atoms with van der Waals surface area (Å²) in [5, 5.41) is 9.10. The summed E-state index contributed by atoms with van der Waals surface area (Å²) in [6.45, 7) is 6.36. The summed E-state index contributed by atoms with van der Waals surface area (Å²) in [6, 6.07) is 18.1. The summed E-state index contributed by atoms with van der Waals surface area (Å²) >= 11 is 0. The van der Waals surface area contributed by atoms with Crippen LogP contribution in [0.1, 0.15) is 12.0 Å². The largest absolute Gasteiger partial charge is 0.354 e. The van der Waals surface area contributed by atoms with Crippen LogP contribution < -0.4 is 10.9 Å². The third kappa shape index (κ3) is 5.13.